The number of nitrogens with zero attached hydrogens (tertiary/aromatic N) is 1. The molecular formula is C14H22N2. The van der Waals surface area contributed by atoms with Crippen LogP contribution in [-0.4, -0.2) is 30.1 Å². The predicted octanol–water partition coefficient (Wildman–Crippen LogP) is 2.18. The van der Waals surface area contributed by atoms with E-state index >= 15 is 0 Å². The molecule has 0 saturated carbocycles. The lowest BCUT2D eigenvalue weighted by Crippen LogP contribution is -2.53. The number of hydrogen-bond acceptors (Lipinski definition) is 2. The molecule has 1 N–H and O–H groups in total. The van der Waals surface area contributed by atoms with Crippen molar-refractivity contribution < 1.29 is 0 Å². The Morgan fingerprint density at radius 2 is 2.06 bits per heavy atom. The van der Waals surface area contributed by atoms with Crippen molar-refractivity contribution >= 4 is 0 Å². The van der Waals surface area contributed by atoms with Gasteiger partial charge < -0.3 is 5.32 Å². The second-order valence-corrected chi connectivity index (χ2v) is 5.01. The van der Waals surface area contributed by atoms with Crippen LogP contribution in [0.15, 0.2) is 24.3 Å². The largest absolute Gasteiger partial charge is 0.311 e. The monoisotopic (exact) mass is 218 g/mol. The lowest BCUT2D eigenvalue weighted by molar-refractivity contribution is 0.138. The topological polar surface area (TPSA) is 15.3 Å². The van der Waals surface area contributed by atoms with Crippen molar-refractivity contribution in [2.24, 2.45) is 0 Å². The molecule has 1 heterocycles. The minimum atomic E-state index is 0.611. The van der Waals surface area contributed by atoms with E-state index in [4.69, 9.17) is 0 Å². The van der Waals surface area contributed by atoms with E-state index < -0.39 is 0 Å². The van der Waals surface area contributed by atoms with Crippen molar-refractivity contribution in [1.82, 2.24) is 10.2 Å². The van der Waals surface area contributed by atoms with Gasteiger partial charge in [0, 0.05) is 31.7 Å². The van der Waals surface area contributed by atoms with Crippen LogP contribution in [0.25, 0.3) is 0 Å². The minimum Gasteiger partial charge on any atom is -0.311 e. The third-order valence-electron chi connectivity index (χ3n) is 3.53. The van der Waals surface area contributed by atoms with Crippen LogP contribution in [-0.2, 0) is 6.54 Å². The van der Waals surface area contributed by atoms with E-state index in [2.05, 4.69) is 55.3 Å². The summed E-state index contributed by atoms with van der Waals surface area (Å²) in [6, 6.07) is 9.94. The quantitative estimate of drug-likeness (QED) is 0.818. The molecule has 1 aromatic rings. The fraction of sp³-hybridized carbons (Fsp3) is 0.571. The maximum atomic E-state index is 3.52. The molecule has 0 aromatic heterocycles. The molecule has 0 amide bonds. The number of nitrogens with one attached hydrogen (secondary N) is 1. The van der Waals surface area contributed by atoms with Crippen LogP contribution >= 0.6 is 0 Å². The molecule has 88 valence electrons. The summed E-state index contributed by atoms with van der Waals surface area (Å²) < 4.78 is 0. The molecule has 0 aliphatic carbocycles. The van der Waals surface area contributed by atoms with Gasteiger partial charge in [-0.2, -0.15) is 0 Å². The maximum Gasteiger partial charge on any atom is 0.0240 e. The second kappa shape index (κ2) is 4.98. The van der Waals surface area contributed by atoms with E-state index in [0.29, 0.717) is 12.1 Å². The first-order chi connectivity index (χ1) is 7.66. The normalized spacial score (nSPS) is 26.9. The number of aryl methyl sites for hydroxylation is 1. The highest BCUT2D eigenvalue weighted by Crippen LogP contribution is 2.14. The van der Waals surface area contributed by atoms with Crippen LogP contribution < -0.4 is 5.32 Å². The van der Waals surface area contributed by atoms with E-state index in [-0.39, 0.29) is 0 Å². The average molecular weight is 218 g/mol. The fourth-order valence-corrected chi connectivity index (χ4v) is 2.32. The standard InChI is InChI=1S/C14H22N2/c1-11-6-4-5-7-14(11)10-16-9-12(2)15-8-13(16)3/h4-7,12-13,15H,8-10H2,1-3H3. The molecule has 0 spiro atoms. The Morgan fingerprint density at radius 3 is 2.81 bits per heavy atom. The maximum absolute atomic E-state index is 3.52. The number of rotatable bonds is 2. The third kappa shape index (κ3) is 2.63. The molecule has 1 aliphatic rings. The van der Waals surface area contributed by atoms with Gasteiger partial charge in [0.1, 0.15) is 0 Å². The van der Waals surface area contributed by atoms with Gasteiger partial charge in [-0.05, 0) is 31.9 Å². The summed E-state index contributed by atoms with van der Waals surface area (Å²) in [5.41, 5.74) is 2.87. The molecule has 1 aromatic carbocycles. The summed E-state index contributed by atoms with van der Waals surface area (Å²) in [4.78, 5) is 2.57. The fourth-order valence-electron chi connectivity index (χ4n) is 2.32. The molecule has 2 heteroatoms. The number of piperazine rings is 1. The van der Waals surface area contributed by atoms with Crippen LogP contribution in [0.5, 0.6) is 0 Å². The predicted molar refractivity (Wildman–Crippen MR) is 68.5 cm³/mol. The first kappa shape index (κ1) is 11.6. The smallest absolute Gasteiger partial charge is 0.0240 e. The van der Waals surface area contributed by atoms with Crippen molar-refractivity contribution in [2.75, 3.05) is 13.1 Å². The average Bonchev–Trinajstić information content (AvgIpc) is 2.27. The van der Waals surface area contributed by atoms with Gasteiger partial charge in [0.05, 0.1) is 0 Å². The van der Waals surface area contributed by atoms with Crippen LogP contribution in [0.4, 0.5) is 0 Å². The number of hydrogen-bond donors (Lipinski definition) is 1. The SMILES string of the molecule is Cc1ccccc1CN1CC(C)NCC1C. The van der Waals surface area contributed by atoms with Gasteiger partial charge in [0.15, 0.2) is 0 Å². The Labute approximate surface area is 98.7 Å². The zero-order valence-corrected chi connectivity index (χ0v) is 10.5. The summed E-state index contributed by atoms with van der Waals surface area (Å²) in [6.07, 6.45) is 0. The second-order valence-electron chi connectivity index (χ2n) is 5.01. The van der Waals surface area contributed by atoms with Gasteiger partial charge >= 0.3 is 0 Å². The van der Waals surface area contributed by atoms with Crippen LogP contribution in [0.3, 0.4) is 0 Å². The molecule has 2 nitrogen and oxygen atoms in total. The van der Waals surface area contributed by atoms with E-state index in [1.165, 1.54) is 11.1 Å². The summed E-state index contributed by atoms with van der Waals surface area (Å²) in [7, 11) is 0. The molecule has 1 fully saturated rings. The van der Waals surface area contributed by atoms with Gasteiger partial charge in [0.25, 0.3) is 0 Å². The first-order valence-corrected chi connectivity index (χ1v) is 6.18. The zero-order valence-electron chi connectivity index (χ0n) is 10.5. The molecule has 1 aliphatic heterocycles. The minimum absolute atomic E-state index is 0.611. The van der Waals surface area contributed by atoms with Crippen molar-refractivity contribution in [3.05, 3.63) is 35.4 Å². The van der Waals surface area contributed by atoms with E-state index in [9.17, 15) is 0 Å². The summed E-state index contributed by atoms with van der Waals surface area (Å²) in [5, 5.41) is 3.52. The Balaban J connectivity index is 2.06. The molecule has 1 saturated heterocycles. The molecule has 2 unspecified atom stereocenters. The van der Waals surface area contributed by atoms with Crippen molar-refractivity contribution in [1.29, 1.82) is 0 Å². The highest BCUT2D eigenvalue weighted by Gasteiger charge is 2.22. The Bertz CT molecular complexity index is 348. The Morgan fingerprint density at radius 1 is 1.31 bits per heavy atom. The van der Waals surface area contributed by atoms with Gasteiger partial charge in [-0.15, -0.1) is 0 Å². The van der Waals surface area contributed by atoms with Gasteiger partial charge in [-0.25, -0.2) is 0 Å². The van der Waals surface area contributed by atoms with Crippen molar-refractivity contribution in [2.45, 2.75) is 39.4 Å². The molecule has 0 bridgehead atoms. The van der Waals surface area contributed by atoms with Crippen LogP contribution in [0, 0.1) is 6.92 Å². The summed E-state index contributed by atoms with van der Waals surface area (Å²) in [5.74, 6) is 0. The molecule has 16 heavy (non-hydrogen) atoms. The van der Waals surface area contributed by atoms with Gasteiger partial charge in [0.2, 0.25) is 0 Å². The highest BCUT2D eigenvalue weighted by molar-refractivity contribution is 5.25. The molecule has 2 atom stereocenters. The lowest BCUT2D eigenvalue weighted by Gasteiger charge is -2.37. The number of benzene rings is 1. The summed E-state index contributed by atoms with van der Waals surface area (Å²) in [6.45, 7) is 10.1. The Hall–Kier alpha value is -0.860. The first-order valence-electron chi connectivity index (χ1n) is 6.18. The van der Waals surface area contributed by atoms with Gasteiger partial charge in [-0.3, -0.25) is 4.90 Å². The van der Waals surface area contributed by atoms with E-state index in [0.717, 1.165) is 19.6 Å². The van der Waals surface area contributed by atoms with Gasteiger partial charge in [-0.1, -0.05) is 24.3 Å². The van der Waals surface area contributed by atoms with Crippen molar-refractivity contribution in [3.63, 3.8) is 0 Å². The van der Waals surface area contributed by atoms with Crippen LogP contribution in [0.1, 0.15) is 25.0 Å². The Kier molecular flexibility index (Phi) is 3.62. The molecular weight excluding hydrogens is 196 g/mol. The summed E-state index contributed by atoms with van der Waals surface area (Å²) >= 11 is 0. The van der Waals surface area contributed by atoms with E-state index in [1.54, 1.807) is 0 Å². The molecule has 0 radical (unpaired) electrons. The van der Waals surface area contributed by atoms with Crippen molar-refractivity contribution in [3.8, 4) is 0 Å². The zero-order chi connectivity index (χ0) is 11.5. The third-order valence-corrected chi connectivity index (χ3v) is 3.53. The van der Waals surface area contributed by atoms with E-state index in [1.807, 2.05) is 0 Å². The lowest BCUT2D eigenvalue weighted by atomic mass is 10.1. The highest BCUT2D eigenvalue weighted by atomic mass is 15.2. The molecule has 2 rings (SSSR count). The van der Waals surface area contributed by atoms with Crippen LogP contribution in [0.2, 0.25) is 0 Å².